The highest BCUT2D eigenvalue weighted by molar-refractivity contribution is 5.86. The molecule has 0 unspecified atom stereocenters. The summed E-state index contributed by atoms with van der Waals surface area (Å²) in [5, 5.41) is 0. The molecule has 0 aliphatic carbocycles. The van der Waals surface area contributed by atoms with Crippen LogP contribution in [0, 0.1) is 6.92 Å². The van der Waals surface area contributed by atoms with E-state index in [2.05, 4.69) is 9.97 Å². The molecule has 0 atom stereocenters. The Kier molecular flexibility index (Phi) is 5.43. The largest absolute Gasteiger partial charge is 0.495 e. The van der Waals surface area contributed by atoms with Crippen LogP contribution in [0.3, 0.4) is 0 Å². The summed E-state index contributed by atoms with van der Waals surface area (Å²) in [6.07, 6.45) is 9.92. The standard InChI is InChI=1S/C20H19N3O3/c1-15-11-18(23-10-9-21-14-23)6-3-16(15)13-26-20(24)8-5-17-4-7-19(25-2)12-22-17/h3-12,14H,13H2,1-2H3/b8-5+. The van der Waals surface area contributed by atoms with E-state index in [4.69, 9.17) is 9.47 Å². The van der Waals surface area contributed by atoms with Crippen molar-refractivity contribution in [3.63, 3.8) is 0 Å². The molecule has 0 fully saturated rings. The minimum atomic E-state index is -0.416. The van der Waals surface area contributed by atoms with Crippen molar-refractivity contribution in [1.29, 1.82) is 0 Å². The Bertz CT molecular complexity index is 901. The molecule has 0 radical (unpaired) electrons. The summed E-state index contributed by atoms with van der Waals surface area (Å²) in [5.41, 5.74) is 3.67. The van der Waals surface area contributed by atoms with Crippen LogP contribution in [0.5, 0.6) is 5.75 Å². The Labute approximate surface area is 151 Å². The van der Waals surface area contributed by atoms with Crippen LogP contribution in [0.4, 0.5) is 0 Å². The van der Waals surface area contributed by atoms with Crippen molar-refractivity contribution in [2.45, 2.75) is 13.5 Å². The van der Waals surface area contributed by atoms with Gasteiger partial charge in [0.15, 0.2) is 0 Å². The molecule has 0 saturated carbocycles. The maximum absolute atomic E-state index is 11.9. The van der Waals surface area contributed by atoms with E-state index >= 15 is 0 Å². The highest BCUT2D eigenvalue weighted by Gasteiger charge is 2.05. The third-order valence-corrected chi connectivity index (χ3v) is 3.88. The number of benzene rings is 1. The molecular formula is C20H19N3O3. The van der Waals surface area contributed by atoms with Crippen molar-refractivity contribution in [2.24, 2.45) is 0 Å². The zero-order chi connectivity index (χ0) is 18.4. The Morgan fingerprint density at radius 1 is 1.27 bits per heavy atom. The summed E-state index contributed by atoms with van der Waals surface area (Å²) in [7, 11) is 1.58. The number of rotatable bonds is 6. The second-order valence-corrected chi connectivity index (χ2v) is 5.64. The maximum Gasteiger partial charge on any atom is 0.331 e. The number of hydrogen-bond donors (Lipinski definition) is 0. The van der Waals surface area contributed by atoms with Crippen LogP contribution in [0.15, 0.2) is 61.3 Å². The average Bonchev–Trinajstić information content (AvgIpc) is 3.20. The molecule has 3 rings (SSSR count). The minimum Gasteiger partial charge on any atom is -0.495 e. The molecule has 6 heteroatoms. The number of methoxy groups -OCH3 is 1. The molecule has 6 nitrogen and oxygen atoms in total. The predicted octanol–water partition coefficient (Wildman–Crippen LogP) is 3.34. The van der Waals surface area contributed by atoms with Gasteiger partial charge in [-0.3, -0.25) is 4.98 Å². The van der Waals surface area contributed by atoms with Gasteiger partial charge in [-0.05, 0) is 48.4 Å². The van der Waals surface area contributed by atoms with Gasteiger partial charge in [0.1, 0.15) is 12.4 Å². The molecule has 132 valence electrons. The van der Waals surface area contributed by atoms with E-state index < -0.39 is 5.97 Å². The number of carbonyl (C=O) groups excluding carboxylic acids is 1. The lowest BCUT2D eigenvalue weighted by Gasteiger charge is -2.09. The number of pyridine rings is 1. The van der Waals surface area contributed by atoms with Crippen LogP contribution >= 0.6 is 0 Å². The molecular weight excluding hydrogens is 330 g/mol. The van der Waals surface area contributed by atoms with Crippen molar-refractivity contribution in [3.8, 4) is 11.4 Å². The van der Waals surface area contributed by atoms with E-state index in [0.717, 1.165) is 16.8 Å². The number of aryl methyl sites for hydroxylation is 1. The van der Waals surface area contributed by atoms with Gasteiger partial charge in [0, 0.05) is 24.2 Å². The summed E-state index contributed by atoms with van der Waals surface area (Å²) in [5.74, 6) is 0.250. The van der Waals surface area contributed by atoms with E-state index in [1.807, 2.05) is 35.9 Å². The first kappa shape index (κ1) is 17.4. The zero-order valence-corrected chi connectivity index (χ0v) is 14.6. The predicted molar refractivity (Wildman–Crippen MR) is 97.9 cm³/mol. The lowest BCUT2D eigenvalue weighted by atomic mass is 10.1. The number of nitrogens with zero attached hydrogens (tertiary/aromatic N) is 3. The highest BCUT2D eigenvalue weighted by Crippen LogP contribution is 2.16. The van der Waals surface area contributed by atoms with Gasteiger partial charge in [-0.15, -0.1) is 0 Å². The topological polar surface area (TPSA) is 66.2 Å². The molecule has 0 N–H and O–H groups in total. The monoisotopic (exact) mass is 349 g/mol. The van der Waals surface area contributed by atoms with E-state index in [0.29, 0.717) is 11.4 Å². The molecule has 0 aliphatic heterocycles. The lowest BCUT2D eigenvalue weighted by Crippen LogP contribution is -2.03. The molecule has 0 amide bonds. The fourth-order valence-electron chi connectivity index (χ4n) is 2.38. The van der Waals surface area contributed by atoms with Crippen molar-refractivity contribution >= 4 is 12.0 Å². The second kappa shape index (κ2) is 8.11. The normalized spacial score (nSPS) is 10.8. The van der Waals surface area contributed by atoms with Gasteiger partial charge in [0.25, 0.3) is 0 Å². The van der Waals surface area contributed by atoms with Gasteiger partial charge in [-0.2, -0.15) is 0 Å². The van der Waals surface area contributed by atoms with E-state index in [1.54, 1.807) is 44.0 Å². The van der Waals surface area contributed by atoms with Crippen LogP contribution in [-0.4, -0.2) is 27.6 Å². The van der Waals surface area contributed by atoms with E-state index in [9.17, 15) is 4.79 Å². The molecule has 0 aliphatic rings. The third-order valence-electron chi connectivity index (χ3n) is 3.88. The fraction of sp³-hybridized carbons (Fsp3) is 0.150. The number of imidazole rings is 1. The third kappa shape index (κ3) is 4.36. The molecule has 0 spiro atoms. The Balaban J connectivity index is 1.57. The SMILES string of the molecule is COc1ccc(/C=C/C(=O)OCc2ccc(-n3ccnc3)cc2C)nc1. The van der Waals surface area contributed by atoms with Gasteiger partial charge in [-0.25, -0.2) is 9.78 Å². The first-order chi connectivity index (χ1) is 12.7. The van der Waals surface area contributed by atoms with Crippen LogP contribution in [0.2, 0.25) is 0 Å². The van der Waals surface area contributed by atoms with Crippen molar-refractivity contribution < 1.29 is 14.3 Å². The van der Waals surface area contributed by atoms with Gasteiger partial charge in [0.05, 0.1) is 25.3 Å². The summed E-state index contributed by atoms with van der Waals surface area (Å²) < 4.78 is 12.3. The number of hydrogen-bond acceptors (Lipinski definition) is 5. The Hall–Kier alpha value is -3.41. The highest BCUT2D eigenvalue weighted by atomic mass is 16.5. The molecule has 0 saturated heterocycles. The van der Waals surface area contributed by atoms with Crippen LogP contribution in [0.1, 0.15) is 16.8 Å². The van der Waals surface area contributed by atoms with Crippen molar-refractivity contribution in [1.82, 2.24) is 14.5 Å². The molecule has 26 heavy (non-hydrogen) atoms. The van der Waals surface area contributed by atoms with Gasteiger partial charge in [-0.1, -0.05) is 6.07 Å². The van der Waals surface area contributed by atoms with Crippen LogP contribution < -0.4 is 4.74 Å². The van der Waals surface area contributed by atoms with Crippen molar-refractivity contribution in [3.05, 3.63) is 78.1 Å². The fourth-order valence-corrected chi connectivity index (χ4v) is 2.38. The van der Waals surface area contributed by atoms with E-state index in [-0.39, 0.29) is 6.61 Å². The summed E-state index contributed by atoms with van der Waals surface area (Å²) in [4.78, 5) is 20.1. The zero-order valence-electron chi connectivity index (χ0n) is 14.6. The van der Waals surface area contributed by atoms with Gasteiger partial charge < -0.3 is 14.0 Å². The Morgan fingerprint density at radius 2 is 2.15 bits per heavy atom. The smallest absolute Gasteiger partial charge is 0.331 e. The average molecular weight is 349 g/mol. The summed E-state index contributed by atoms with van der Waals surface area (Å²) in [6.45, 7) is 2.20. The summed E-state index contributed by atoms with van der Waals surface area (Å²) >= 11 is 0. The van der Waals surface area contributed by atoms with E-state index in [1.165, 1.54) is 6.08 Å². The lowest BCUT2D eigenvalue weighted by molar-refractivity contribution is -0.138. The summed E-state index contributed by atoms with van der Waals surface area (Å²) in [6, 6.07) is 9.49. The van der Waals surface area contributed by atoms with Crippen LogP contribution in [0.25, 0.3) is 11.8 Å². The first-order valence-electron chi connectivity index (χ1n) is 8.08. The molecule has 2 heterocycles. The maximum atomic E-state index is 11.9. The molecule has 0 bridgehead atoms. The number of carbonyl (C=O) groups is 1. The second-order valence-electron chi connectivity index (χ2n) is 5.64. The number of esters is 1. The Morgan fingerprint density at radius 3 is 2.81 bits per heavy atom. The molecule has 2 aromatic heterocycles. The van der Waals surface area contributed by atoms with Crippen molar-refractivity contribution in [2.75, 3.05) is 7.11 Å². The first-order valence-corrected chi connectivity index (χ1v) is 8.08. The van der Waals surface area contributed by atoms with Gasteiger partial charge >= 0.3 is 5.97 Å². The van der Waals surface area contributed by atoms with Crippen LogP contribution in [-0.2, 0) is 16.1 Å². The number of ether oxygens (including phenoxy) is 2. The molecule has 3 aromatic rings. The number of aromatic nitrogens is 3. The minimum absolute atomic E-state index is 0.218. The quantitative estimate of drug-likeness (QED) is 0.504. The van der Waals surface area contributed by atoms with Gasteiger partial charge in [0.2, 0.25) is 0 Å². The molecule has 1 aromatic carbocycles.